The minimum Gasteiger partial charge on any atom is -0.493 e. The van der Waals surface area contributed by atoms with Gasteiger partial charge in [0.1, 0.15) is 5.75 Å². The molecule has 1 rings (SSSR count). The maximum Gasteiger partial charge on any atom is 0.122 e. The van der Waals surface area contributed by atoms with Crippen molar-refractivity contribution in [2.24, 2.45) is 5.92 Å². The van der Waals surface area contributed by atoms with Crippen molar-refractivity contribution in [1.82, 2.24) is 0 Å². The molecule has 1 unspecified atom stereocenters. The molecule has 0 N–H and O–H groups in total. The van der Waals surface area contributed by atoms with E-state index in [9.17, 15) is 0 Å². The molecule has 0 fully saturated rings. The van der Waals surface area contributed by atoms with Crippen LogP contribution in [-0.4, -0.2) is 6.61 Å². The zero-order chi connectivity index (χ0) is 14.3. The second kappa shape index (κ2) is 8.27. The van der Waals surface area contributed by atoms with Gasteiger partial charge in [-0.3, -0.25) is 0 Å². The number of allylic oxidation sites excluding steroid dienone is 2. The zero-order valence-electron chi connectivity index (χ0n) is 12.5. The highest BCUT2D eigenvalue weighted by molar-refractivity contribution is 6.31. The fourth-order valence-corrected chi connectivity index (χ4v) is 2.17. The molecule has 0 amide bonds. The first-order valence-corrected chi connectivity index (χ1v) is 7.54. The third-order valence-electron chi connectivity index (χ3n) is 3.05. The summed E-state index contributed by atoms with van der Waals surface area (Å²) in [6.07, 6.45) is 7.55. The number of halogens is 1. The predicted molar refractivity (Wildman–Crippen MR) is 84.3 cm³/mol. The molecule has 0 saturated heterocycles. The van der Waals surface area contributed by atoms with E-state index in [1.165, 1.54) is 5.56 Å². The summed E-state index contributed by atoms with van der Waals surface area (Å²) in [6, 6.07) is 4.11. The zero-order valence-corrected chi connectivity index (χ0v) is 13.3. The molecule has 0 aliphatic carbocycles. The molecule has 0 aliphatic heterocycles. The number of benzene rings is 1. The summed E-state index contributed by atoms with van der Waals surface area (Å²) in [5, 5.41) is 0.825. The summed E-state index contributed by atoms with van der Waals surface area (Å²) in [5.74, 6) is 1.49. The summed E-state index contributed by atoms with van der Waals surface area (Å²) in [5.41, 5.74) is 2.28. The van der Waals surface area contributed by atoms with Gasteiger partial charge in [-0.2, -0.15) is 0 Å². The van der Waals surface area contributed by atoms with Gasteiger partial charge in [0.2, 0.25) is 0 Å². The van der Waals surface area contributed by atoms with Gasteiger partial charge in [0.25, 0.3) is 0 Å². The Kier molecular flexibility index (Phi) is 7.01. The molecular weight excluding hydrogens is 256 g/mol. The largest absolute Gasteiger partial charge is 0.493 e. The number of ether oxygens (including phenoxy) is 1. The van der Waals surface area contributed by atoms with E-state index in [-0.39, 0.29) is 0 Å². The van der Waals surface area contributed by atoms with Crippen molar-refractivity contribution in [2.45, 2.75) is 47.0 Å². The Labute approximate surface area is 122 Å². The maximum atomic E-state index is 6.23. The van der Waals surface area contributed by atoms with E-state index >= 15 is 0 Å². The molecule has 0 saturated carbocycles. The van der Waals surface area contributed by atoms with E-state index in [4.69, 9.17) is 16.3 Å². The summed E-state index contributed by atoms with van der Waals surface area (Å²) >= 11 is 6.23. The Morgan fingerprint density at radius 2 is 2.05 bits per heavy atom. The van der Waals surface area contributed by atoms with Gasteiger partial charge in [0.15, 0.2) is 0 Å². The van der Waals surface area contributed by atoms with Crippen LogP contribution in [0.25, 0.3) is 0 Å². The lowest BCUT2D eigenvalue weighted by molar-refractivity contribution is 0.313. The third-order valence-corrected chi connectivity index (χ3v) is 3.45. The second-order valence-corrected chi connectivity index (χ2v) is 5.48. The van der Waals surface area contributed by atoms with Crippen LogP contribution in [0.4, 0.5) is 0 Å². The predicted octanol–water partition coefficient (Wildman–Crippen LogP) is 5.58. The van der Waals surface area contributed by atoms with Crippen LogP contribution in [0.2, 0.25) is 5.02 Å². The summed E-state index contributed by atoms with van der Waals surface area (Å²) in [7, 11) is 0. The highest BCUT2D eigenvalue weighted by Crippen LogP contribution is 2.29. The first kappa shape index (κ1) is 16.1. The number of hydrogen-bond acceptors (Lipinski definition) is 1. The molecule has 106 valence electrons. The van der Waals surface area contributed by atoms with Crippen LogP contribution in [0, 0.1) is 12.8 Å². The number of aryl methyl sites for hydroxylation is 1. The number of rotatable bonds is 7. The van der Waals surface area contributed by atoms with Crippen molar-refractivity contribution in [3.63, 3.8) is 0 Å². The molecule has 0 bridgehead atoms. The standard InChI is InChI=1S/C17H25ClO/c1-5-7-8-13(3)10-15-12-16(18)14(4)11-17(15)19-9-6-2/h7-8,11-13H,5-6,9-10H2,1-4H3/b8-7-. The Balaban J connectivity index is 2.90. The van der Waals surface area contributed by atoms with Gasteiger partial charge < -0.3 is 4.74 Å². The van der Waals surface area contributed by atoms with Gasteiger partial charge >= 0.3 is 0 Å². The summed E-state index contributed by atoms with van der Waals surface area (Å²) in [6.45, 7) is 9.28. The van der Waals surface area contributed by atoms with Gasteiger partial charge in [-0.1, -0.05) is 44.5 Å². The van der Waals surface area contributed by atoms with E-state index < -0.39 is 0 Å². The highest BCUT2D eigenvalue weighted by atomic mass is 35.5. The molecule has 1 aromatic rings. The van der Waals surface area contributed by atoms with Gasteiger partial charge in [0.05, 0.1) is 6.61 Å². The monoisotopic (exact) mass is 280 g/mol. The van der Waals surface area contributed by atoms with E-state index in [0.717, 1.165) is 42.2 Å². The van der Waals surface area contributed by atoms with E-state index in [0.29, 0.717) is 5.92 Å². The molecule has 1 nitrogen and oxygen atoms in total. The Morgan fingerprint density at radius 1 is 1.32 bits per heavy atom. The normalized spacial score (nSPS) is 12.9. The average Bonchev–Trinajstić information content (AvgIpc) is 2.38. The average molecular weight is 281 g/mol. The van der Waals surface area contributed by atoms with Crippen LogP contribution in [-0.2, 0) is 6.42 Å². The second-order valence-electron chi connectivity index (χ2n) is 5.08. The highest BCUT2D eigenvalue weighted by Gasteiger charge is 2.10. The van der Waals surface area contributed by atoms with Crippen LogP contribution in [0.1, 0.15) is 44.7 Å². The Hall–Kier alpha value is -0.950. The smallest absolute Gasteiger partial charge is 0.122 e. The number of hydrogen-bond donors (Lipinski definition) is 0. The van der Waals surface area contributed by atoms with Crippen molar-refractivity contribution in [3.8, 4) is 5.75 Å². The molecule has 0 radical (unpaired) electrons. The molecule has 0 aliphatic rings. The van der Waals surface area contributed by atoms with Crippen LogP contribution >= 0.6 is 11.6 Å². The lowest BCUT2D eigenvalue weighted by Gasteiger charge is -2.15. The SMILES string of the molecule is CC/C=C\C(C)Cc1cc(Cl)c(C)cc1OCCC. The topological polar surface area (TPSA) is 9.23 Å². The Morgan fingerprint density at radius 3 is 2.68 bits per heavy atom. The van der Waals surface area contributed by atoms with Crippen molar-refractivity contribution >= 4 is 11.6 Å². The Bertz CT molecular complexity index is 424. The molecule has 1 atom stereocenters. The van der Waals surface area contributed by atoms with Crippen LogP contribution in [0.3, 0.4) is 0 Å². The van der Waals surface area contributed by atoms with Gasteiger partial charge in [-0.15, -0.1) is 0 Å². The van der Waals surface area contributed by atoms with Crippen molar-refractivity contribution in [3.05, 3.63) is 40.4 Å². The molecule has 0 heterocycles. The lowest BCUT2D eigenvalue weighted by atomic mass is 9.98. The third kappa shape index (κ3) is 5.28. The van der Waals surface area contributed by atoms with E-state index in [2.05, 4.69) is 45.1 Å². The van der Waals surface area contributed by atoms with Crippen LogP contribution < -0.4 is 4.74 Å². The maximum absolute atomic E-state index is 6.23. The minimum absolute atomic E-state index is 0.502. The fourth-order valence-electron chi connectivity index (χ4n) is 1.99. The van der Waals surface area contributed by atoms with E-state index in [1.807, 2.05) is 6.92 Å². The molecule has 0 aromatic heterocycles. The fraction of sp³-hybridized carbons (Fsp3) is 0.529. The lowest BCUT2D eigenvalue weighted by Crippen LogP contribution is -2.03. The molecule has 0 spiro atoms. The first-order valence-electron chi connectivity index (χ1n) is 7.16. The first-order chi connectivity index (χ1) is 9.08. The summed E-state index contributed by atoms with van der Waals surface area (Å²) in [4.78, 5) is 0. The van der Waals surface area contributed by atoms with Crippen LogP contribution in [0.15, 0.2) is 24.3 Å². The van der Waals surface area contributed by atoms with E-state index in [1.54, 1.807) is 0 Å². The minimum atomic E-state index is 0.502. The molecular formula is C17H25ClO. The molecule has 19 heavy (non-hydrogen) atoms. The molecule has 1 aromatic carbocycles. The molecule has 2 heteroatoms. The van der Waals surface area contributed by atoms with Crippen molar-refractivity contribution < 1.29 is 4.74 Å². The van der Waals surface area contributed by atoms with Crippen molar-refractivity contribution in [1.29, 1.82) is 0 Å². The van der Waals surface area contributed by atoms with Gasteiger partial charge in [-0.25, -0.2) is 0 Å². The van der Waals surface area contributed by atoms with Gasteiger partial charge in [-0.05, 0) is 55.4 Å². The quantitative estimate of drug-likeness (QED) is 0.592. The van der Waals surface area contributed by atoms with Crippen molar-refractivity contribution in [2.75, 3.05) is 6.61 Å². The summed E-state index contributed by atoms with van der Waals surface area (Å²) < 4.78 is 5.84. The van der Waals surface area contributed by atoms with Crippen LogP contribution in [0.5, 0.6) is 5.75 Å². The van der Waals surface area contributed by atoms with Gasteiger partial charge in [0, 0.05) is 5.02 Å².